The standard InChI is InChI=1S/C21H25BrN2O5S/c1-21(2)12-18(17-10-9-16(28-3)11-19(17)29-21)23-20(25)13-24(30(4,26)27)15-7-5-14(22)6-8-15/h5-11,18H,12-13H2,1-4H3,(H,23,25). The molecule has 1 amide bonds. The predicted octanol–water partition coefficient (Wildman–Crippen LogP) is 3.64. The minimum Gasteiger partial charge on any atom is -0.497 e. The second kappa shape index (κ2) is 8.47. The van der Waals surface area contributed by atoms with Crippen molar-refractivity contribution in [3.8, 4) is 11.5 Å². The summed E-state index contributed by atoms with van der Waals surface area (Å²) in [7, 11) is -2.06. The van der Waals surface area contributed by atoms with Gasteiger partial charge in [-0.15, -0.1) is 0 Å². The summed E-state index contributed by atoms with van der Waals surface area (Å²) in [4.78, 5) is 12.9. The molecule has 3 rings (SSSR count). The summed E-state index contributed by atoms with van der Waals surface area (Å²) in [6.07, 6.45) is 1.64. The number of halogens is 1. The Balaban J connectivity index is 1.83. The third kappa shape index (κ3) is 5.26. The fourth-order valence-electron chi connectivity index (χ4n) is 3.47. The van der Waals surface area contributed by atoms with Crippen LogP contribution in [0.4, 0.5) is 5.69 Å². The van der Waals surface area contributed by atoms with Crippen molar-refractivity contribution in [3.05, 3.63) is 52.5 Å². The van der Waals surface area contributed by atoms with Crippen molar-refractivity contribution >= 4 is 37.5 Å². The number of carbonyl (C=O) groups is 1. The quantitative estimate of drug-likeness (QED) is 0.659. The molecular weight excluding hydrogens is 472 g/mol. The van der Waals surface area contributed by atoms with Crippen LogP contribution in [-0.4, -0.2) is 39.8 Å². The topological polar surface area (TPSA) is 84.9 Å². The van der Waals surface area contributed by atoms with E-state index in [1.165, 1.54) is 0 Å². The maximum atomic E-state index is 12.9. The molecule has 9 heteroatoms. The average Bonchev–Trinajstić information content (AvgIpc) is 2.64. The smallest absolute Gasteiger partial charge is 0.241 e. The number of rotatable bonds is 6. The maximum Gasteiger partial charge on any atom is 0.241 e. The van der Waals surface area contributed by atoms with Crippen LogP contribution in [0, 0.1) is 0 Å². The lowest BCUT2D eigenvalue weighted by Gasteiger charge is -2.38. The number of fused-ring (bicyclic) bond motifs is 1. The van der Waals surface area contributed by atoms with Crippen molar-refractivity contribution in [2.24, 2.45) is 0 Å². The first-order valence-corrected chi connectivity index (χ1v) is 12.0. The molecule has 7 nitrogen and oxygen atoms in total. The van der Waals surface area contributed by atoms with Gasteiger partial charge in [-0.1, -0.05) is 15.9 Å². The largest absolute Gasteiger partial charge is 0.497 e. The molecule has 2 aromatic carbocycles. The SMILES string of the molecule is COc1ccc2c(c1)OC(C)(C)CC2NC(=O)CN(c1ccc(Br)cc1)S(C)(=O)=O. The number of hydrogen-bond donors (Lipinski definition) is 1. The second-order valence-electron chi connectivity index (χ2n) is 7.84. The van der Waals surface area contributed by atoms with Gasteiger partial charge in [0.05, 0.1) is 25.1 Å². The number of sulfonamides is 1. The van der Waals surface area contributed by atoms with Crippen LogP contribution in [0.1, 0.15) is 31.9 Å². The number of anilines is 1. The highest BCUT2D eigenvalue weighted by Crippen LogP contribution is 2.41. The highest BCUT2D eigenvalue weighted by Gasteiger charge is 2.35. The molecule has 0 saturated heterocycles. The van der Waals surface area contributed by atoms with E-state index in [0.717, 1.165) is 20.6 Å². The minimum absolute atomic E-state index is 0.312. The van der Waals surface area contributed by atoms with Crippen molar-refractivity contribution in [1.29, 1.82) is 0 Å². The Bertz CT molecular complexity index is 1040. The van der Waals surface area contributed by atoms with Crippen LogP contribution in [0.3, 0.4) is 0 Å². The Kier molecular flexibility index (Phi) is 6.33. The molecule has 0 radical (unpaired) electrons. The summed E-state index contributed by atoms with van der Waals surface area (Å²) in [5.74, 6) is 0.909. The Morgan fingerprint density at radius 2 is 1.93 bits per heavy atom. The first kappa shape index (κ1) is 22.4. The lowest BCUT2D eigenvalue weighted by molar-refractivity contribution is -0.120. The van der Waals surface area contributed by atoms with Crippen molar-refractivity contribution in [2.75, 3.05) is 24.2 Å². The number of benzene rings is 2. The fourth-order valence-corrected chi connectivity index (χ4v) is 4.59. The van der Waals surface area contributed by atoms with E-state index in [-0.39, 0.29) is 12.6 Å². The highest BCUT2D eigenvalue weighted by atomic mass is 79.9. The first-order valence-electron chi connectivity index (χ1n) is 9.38. The van der Waals surface area contributed by atoms with Crippen molar-refractivity contribution in [1.82, 2.24) is 5.32 Å². The summed E-state index contributed by atoms with van der Waals surface area (Å²) < 4.78 is 37.9. The van der Waals surface area contributed by atoms with Crippen LogP contribution in [0.25, 0.3) is 0 Å². The maximum absolute atomic E-state index is 12.9. The van der Waals surface area contributed by atoms with E-state index in [2.05, 4.69) is 21.2 Å². The summed E-state index contributed by atoms with van der Waals surface area (Å²) in [6.45, 7) is 3.57. The van der Waals surface area contributed by atoms with Gasteiger partial charge in [0, 0.05) is 22.5 Å². The summed E-state index contributed by atoms with van der Waals surface area (Å²) >= 11 is 3.33. The Morgan fingerprint density at radius 1 is 1.27 bits per heavy atom. The van der Waals surface area contributed by atoms with Crippen LogP contribution < -0.4 is 19.1 Å². The van der Waals surface area contributed by atoms with Gasteiger partial charge in [-0.3, -0.25) is 9.10 Å². The number of nitrogens with zero attached hydrogens (tertiary/aromatic N) is 1. The van der Waals surface area contributed by atoms with E-state index in [1.54, 1.807) is 37.4 Å². The van der Waals surface area contributed by atoms with Gasteiger partial charge in [-0.25, -0.2) is 8.42 Å². The first-order chi connectivity index (χ1) is 14.0. The van der Waals surface area contributed by atoms with Crippen LogP contribution in [0.15, 0.2) is 46.9 Å². The van der Waals surface area contributed by atoms with Gasteiger partial charge < -0.3 is 14.8 Å². The molecule has 162 valence electrons. The molecule has 1 N–H and O–H groups in total. The third-order valence-electron chi connectivity index (χ3n) is 4.82. The van der Waals surface area contributed by atoms with E-state index in [1.807, 2.05) is 26.0 Å². The Labute approximate surface area is 185 Å². The Hall–Kier alpha value is -2.26. The zero-order chi connectivity index (χ0) is 22.1. The predicted molar refractivity (Wildman–Crippen MR) is 120 cm³/mol. The van der Waals surface area contributed by atoms with Crippen molar-refractivity contribution in [2.45, 2.75) is 31.9 Å². The van der Waals surface area contributed by atoms with E-state index < -0.39 is 21.5 Å². The summed E-state index contributed by atoms with van der Waals surface area (Å²) in [5, 5.41) is 2.98. The van der Waals surface area contributed by atoms with Crippen LogP contribution in [0.2, 0.25) is 0 Å². The molecule has 0 bridgehead atoms. The van der Waals surface area contributed by atoms with Crippen molar-refractivity contribution < 1.29 is 22.7 Å². The van der Waals surface area contributed by atoms with Gasteiger partial charge in [0.2, 0.25) is 15.9 Å². The molecule has 0 aromatic heterocycles. The molecule has 0 spiro atoms. The van der Waals surface area contributed by atoms with Gasteiger partial charge >= 0.3 is 0 Å². The fraction of sp³-hybridized carbons (Fsp3) is 0.381. The number of ether oxygens (including phenoxy) is 2. The molecule has 30 heavy (non-hydrogen) atoms. The minimum atomic E-state index is -3.64. The number of carbonyl (C=O) groups excluding carboxylic acids is 1. The summed E-state index contributed by atoms with van der Waals surface area (Å²) in [5.41, 5.74) is 0.755. The molecule has 0 aliphatic carbocycles. The molecule has 1 aliphatic heterocycles. The molecule has 2 aromatic rings. The van der Waals surface area contributed by atoms with E-state index in [0.29, 0.717) is 23.6 Å². The van der Waals surface area contributed by atoms with Crippen LogP contribution in [-0.2, 0) is 14.8 Å². The third-order valence-corrected chi connectivity index (χ3v) is 6.48. The van der Waals surface area contributed by atoms with Gasteiger partial charge in [-0.05, 0) is 50.2 Å². The number of amides is 1. The second-order valence-corrected chi connectivity index (χ2v) is 10.7. The average molecular weight is 497 g/mol. The molecule has 0 fully saturated rings. The Morgan fingerprint density at radius 3 is 2.53 bits per heavy atom. The summed E-state index contributed by atoms with van der Waals surface area (Å²) in [6, 6.07) is 11.9. The molecule has 0 saturated carbocycles. The molecule has 1 atom stereocenters. The van der Waals surface area contributed by atoms with Gasteiger partial charge in [-0.2, -0.15) is 0 Å². The van der Waals surface area contributed by atoms with Crippen molar-refractivity contribution in [3.63, 3.8) is 0 Å². The number of hydrogen-bond acceptors (Lipinski definition) is 5. The zero-order valence-electron chi connectivity index (χ0n) is 17.3. The van der Waals surface area contributed by atoms with Gasteiger partial charge in [0.15, 0.2) is 0 Å². The molecule has 1 unspecified atom stereocenters. The monoisotopic (exact) mass is 496 g/mol. The van der Waals surface area contributed by atoms with Gasteiger partial charge in [0.1, 0.15) is 23.6 Å². The number of methoxy groups -OCH3 is 1. The van der Waals surface area contributed by atoms with Crippen LogP contribution in [0.5, 0.6) is 11.5 Å². The normalized spacial score (nSPS) is 17.4. The lowest BCUT2D eigenvalue weighted by Crippen LogP contribution is -2.45. The molecule has 1 aliphatic rings. The lowest BCUT2D eigenvalue weighted by atomic mass is 9.89. The van der Waals surface area contributed by atoms with E-state index >= 15 is 0 Å². The highest BCUT2D eigenvalue weighted by molar-refractivity contribution is 9.10. The zero-order valence-corrected chi connectivity index (χ0v) is 19.7. The van der Waals surface area contributed by atoms with Gasteiger partial charge in [0.25, 0.3) is 0 Å². The van der Waals surface area contributed by atoms with E-state index in [4.69, 9.17) is 9.47 Å². The molecular formula is C21H25BrN2O5S. The number of nitrogens with one attached hydrogen (secondary N) is 1. The van der Waals surface area contributed by atoms with Crippen LogP contribution >= 0.6 is 15.9 Å². The van der Waals surface area contributed by atoms with E-state index in [9.17, 15) is 13.2 Å². The molecule has 1 heterocycles.